The van der Waals surface area contributed by atoms with Crippen molar-refractivity contribution in [3.05, 3.63) is 28.6 Å². The van der Waals surface area contributed by atoms with E-state index in [4.69, 9.17) is 5.26 Å². The summed E-state index contributed by atoms with van der Waals surface area (Å²) in [6, 6.07) is 2.14. The van der Waals surface area contributed by atoms with Crippen LogP contribution in [0.25, 0.3) is 0 Å². The topological polar surface area (TPSA) is 89.8 Å². The number of hydrogen-bond donors (Lipinski definition) is 3. The molecule has 122 valence electrons. The minimum Gasteiger partial charge on any atom is -0.348 e. The molecule has 2 heterocycles. The summed E-state index contributed by atoms with van der Waals surface area (Å²) in [6.45, 7) is 3.60. The van der Waals surface area contributed by atoms with Gasteiger partial charge in [-0.3, -0.25) is 10.2 Å². The lowest BCUT2D eigenvalue weighted by Gasteiger charge is -2.31. The Labute approximate surface area is 134 Å². The highest BCUT2D eigenvalue weighted by Crippen LogP contribution is 2.31. The molecule has 4 atom stereocenters. The van der Waals surface area contributed by atoms with E-state index in [-0.39, 0.29) is 23.9 Å². The number of rotatable bonds is 2. The van der Waals surface area contributed by atoms with Crippen molar-refractivity contribution in [3.8, 4) is 6.07 Å². The van der Waals surface area contributed by atoms with Crippen LogP contribution in [0.5, 0.6) is 0 Å². The zero-order chi connectivity index (χ0) is 16.6. The third-order valence-electron chi connectivity index (χ3n) is 5.00. The number of alkyl halides is 1. The Morgan fingerprint density at radius 3 is 2.91 bits per heavy atom. The van der Waals surface area contributed by atoms with Gasteiger partial charge >= 0.3 is 0 Å². The summed E-state index contributed by atoms with van der Waals surface area (Å²) in [5.41, 5.74) is 7.88. The average Bonchev–Trinajstić information content (AvgIpc) is 2.91. The fourth-order valence-corrected chi connectivity index (χ4v) is 3.43. The van der Waals surface area contributed by atoms with Crippen molar-refractivity contribution in [3.63, 3.8) is 0 Å². The van der Waals surface area contributed by atoms with Crippen molar-refractivity contribution in [2.24, 2.45) is 5.92 Å². The molecule has 2 aliphatic rings. The van der Waals surface area contributed by atoms with Crippen molar-refractivity contribution in [1.82, 2.24) is 21.2 Å². The molecular formula is C16H20FN5O. The highest BCUT2D eigenvalue weighted by Gasteiger charge is 2.41. The molecule has 6 nitrogen and oxygen atoms in total. The number of carbonyl (C=O) groups is 1. The van der Waals surface area contributed by atoms with Crippen molar-refractivity contribution in [1.29, 1.82) is 5.26 Å². The first-order valence-electron chi connectivity index (χ1n) is 7.83. The Morgan fingerprint density at radius 1 is 1.39 bits per heavy atom. The normalized spacial score (nSPS) is 29.7. The average molecular weight is 317 g/mol. The first-order valence-corrected chi connectivity index (χ1v) is 7.83. The van der Waals surface area contributed by atoms with Crippen molar-refractivity contribution >= 4 is 5.91 Å². The molecule has 1 aromatic heterocycles. The first-order chi connectivity index (χ1) is 11.0. The van der Waals surface area contributed by atoms with E-state index >= 15 is 0 Å². The number of nitrogens with one attached hydrogen (secondary N) is 3. The second kappa shape index (κ2) is 6.22. The number of nitriles is 1. The molecule has 0 radical (unpaired) electrons. The van der Waals surface area contributed by atoms with Crippen molar-refractivity contribution < 1.29 is 9.18 Å². The lowest BCUT2D eigenvalue weighted by Crippen LogP contribution is -2.44. The predicted octanol–water partition coefficient (Wildman–Crippen LogP) is 1.24. The number of hydrazine groups is 1. The fraction of sp³-hybridized carbons (Fsp3) is 0.562. The molecule has 1 saturated carbocycles. The highest BCUT2D eigenvalue weighted by atomic mass is 19.1. The Bertz CT molecular complexity index is 671. The van der Waals surface area contributed by atoms with Crippen LogP contribution in [-0.2, 0) is 0 Å². The standard InChI is InChI=1S/C16H20FN5O/c1-8-9(2)14(19-7-10(8)6-18)16(23)20-11-3-4-13-12(5-11)15(17)22-21-13/h7,11-13,15,21-22H,3-5H2,1-2H3,(H,20,23). The molecule has 3 rings (SSSR count). The number of halogens is 1. The molecule has 0 aromatic carbocycles. The quantitative estimate of drug-likeness (QED) is 0.714. The van der Waals surface area contributed by atoms with Gasteiger partial charge < -0.3 is 5.32 Å². The van der Waals surface area contributed by atoms with Crippen LogP contribution in [0.1, 0.15) is 46.4 Å². The minimum absolute atomic E-state index is 0.0548. The Balaban J connectivity index is 1.70. The van der Waals surface area contributed by atoms with E-state index in [0.29, 0.717) is 23.2 Å². The van der Waals surface area contributed by atoms with Gasteiger partial charge in [0.05, 0.1) is 5.56 Å². The number of hydrogen-bond acceptors (Lipinski definition) is 5. The molecule has 2 fully saturated rings. The zero-order valence-electron chi connectivity index (χ0n) is 13.2. The van der Waals surface area contributed by atoms with Gasteiger partial charge in [0.1, 0.15) is 11.8 Å². The largest absolute Gasteiger partial charge is 0.348 e. The van der Waals surface area contributed by atoms with Crippen LogP contribution in [0.3, 0.4) is 0 Å². The number of amides is 1. The van der Waals surface area contributed by atoms with Crippen LogP contribution in [0.4, 0.5) is 4.39 Å². The maximum Gasteiger partial charge on any atom is 0.270 e. The molecule has 1 aliphatic heterocycles. The van der Waals surface area contributed by atoms with E-state index < -0.39 is 6.30 Å². The van der Waals surface area contributed by atoms with E-state index in [2.05, 4.69) is 27.2 Å². The van der Waals surface area contributed by atoms with Crippen LogP contribution in [-0.4, -0.2) is 29.3 Å². The number of pyridine rings is 1. The third kappa shape index (κ3) is 2.92. The smallest absolute Gasteiger partial charge is 0.270 e. The molecule has 23 heavy (non-hydrogen) atoms. The van der Waals surface area contributed by atoms with Crippen LogP contribution in [0, 0.1) is 31.1 Å². The SMILES string of the molecule is Cc1c(C#N)cnc(C(=O)NC2CCC3NNC(F)C3C2)c1C. The maximum atomic E-state index is 13.8. The van der Waals surface area contributed by atoms with Crippen molar-refractivity contribution in [2.75, 3.05) is 0 Å². The van der Waals surface area contributed by atoms with Crippen LogP contribution >= 0.6 is 0 Å². The molecule has 1 aromatic rings. The summed E-state index contributed by atoms with van der Waals surface area (Å²) >= 11 is 0. The zero-order valence-corrected chi connectivity index (χ0v) is 13.2. The summed E-state index contributed by atoms with van der Waals surface area (Å²) in [4.78, 5) is 16.6. The van der Waals surface area contributed by atoms with Gasteiger partial charge in [-0.1, -0.05) is 0 Å². The molecule has 0 spiro atoms. The summed E-state index contributed by atoms with van der Waals surface area (Å²) in [5, 5.41) is 12.0. The molecule has 3 N–H and O–H groups in total. The molecule has 4 unspecified atom stereocenters. The molecule has 7 heteroatoms. The summed E-state index contributed by atoms with van der Waals surface area (Å²) in [7, 11) is 0. The van der Waals surface area contributed by atoms with E-state index in [0.717, 1.165) is 18.4 Å². The predicted molar refractivity (Wildman–Crippen MR) is 82.0 cm³/mol. The van der Waals surface area contributed by atoms with E-state index in [1.54, 1.807) is 13.8 Å². The lowest BCUT2D eigenvalue weighted by atomic mass is 9.82. The first kappa shape index (κ1) is 15.8. The molecule has 0 bridgehead atoms. The van der Waals surface area contributed by atoms with Gasteiger partial charge in [0.25, 0.3) is 5.91 Å². The Morgan fingerprint density at radius 2 is 2.17 bits per heavy atom. The van der Waals surface area contributed by atoms with Gasteiger partial charge in [0.2, 0.25) is 0 Å². The molecule has 1 saturated heterocycles. The van der Waals surface area contributed by atoms with E-state index in [1.807, 2.05) is 0 Å². The number of aromatic nitrogens is 1. The lowest BCUT2D eigenvalue weighted by molar-refractivity contribution is 0.0898. The van der Waals surface area contributed by atoms with Gasteiger partial charge in [0, 0.05) is 24.2 Å². The van der Waals surface area contributed by atoms with Crippen LogP contribution in [0.2, 0.25) is 0 Å². The Hall–Kier alpha value is -2.04. The van der Waals surface area contributed by atoms with Gasteiger partial charge in [-0.15, -0.1) is 0 Å². The molecule has 1 aliphatic carbocycles. The summed E-state index contributed by atoms with van der Waals surface area (Å²) in [5.74, 6) is -0.376. The number of nitrogens with zero attached hydrogens (tertiary/aromatic N) is 2. The van der Waals surface area contributed by atoms with E-state index in [9.17, 15) is 9.18 Å². The Kier molecular flexibility index (Phi) is 4.28. The number of carbonyl (C=O) groups excluding carboxylic acids is 1. The monoisotopic (exact) mass is 317 g/mol. The van der Waals surface area contributed by atoms with Crippen molar-refractivity contribution in [2.45, 2.75) is 51.5 Å². The minimum atomic E-state index is -1.07. The second-order valence-electron chi connectivity index (χ2n) is 6.33. The third-order valence-corrected chi connectivity index (χ3v) is 5.00. The second-order valence-corrected chi connectivity index (χ2v) is 6.33. The summed E-state index contributed by atoms with van der Waals surface area (Å²) in [6.07, 6.45) is 2.59. The van der Waals surface area contributed by atoms with Gasteiger partial charge in [-0.05, 0) is 44.2 Å². The van der Waals surface area contributed by atoms with Gasteiger partial charge in [0.15, 0.2) is 6.30 Å². The fourth-order valence-electron chi connectivity index (χ4n) is 3.43. The maximum absolute atomic E-state index is 13.8. The number of fused-ring (bicyclic) bond motifs is 1. The van der Waals surface area contributed by atoms with Gasteiger partial charge in [-0.2, -0.15) is 5.26 Å². The van der Waals surface area contributed by atoms with Crippen LogP contribution in [0.15, 0.2) is 6.20 Å². The van der Waals surface area contributed by atoms with Gasteiger partial charge in [-0.25, -0.2) is 14.8 Å². The van der Waals surface area contributed by atoms with E-state index in [1.165, 1.54) is 6.20 Å². The van der Waals surface area contributed by atoms with Crippen LogP contribution < -0.4 is 16.2 Å². The highest BCUT2D eigenvalue weighted by molar-refractivity contribution is 5.94. The summed E-state index contributed by atoms with van der Waals surface area (Å²) < 4.78 is 13.8. The molecule has 1 amide bonds. The molecular weight excluding hydrogens is 297 g/mol.